The molecule has 1 aromatic carbocycles. The van der Waals surface area contributed by atoms with Crippen LogP contribution in [0.2, 0.25) is 0 Å². The number of hydrogen-bond donors (Lipinski definition) is 4. The summed E-state index contributed by atoms with van der Waals surface area (Å²) in [5, 5.41) is 19.5. The fourth-order valence-corrected chi connectivity index (χ4v) is 8.22. The second-order valence-corrected chi connectivity index (χ2v) is 13.6. The average Bonchev–Trinajstić information content (AvgIpc) is 3.39. The Hall–Kier alpha value is -2.38. The zero-order valence-corrected chi connectivity index (χ0v) is 24.3. The Bertz CT molecular complexity index is 1180. The van der Waals surface area contributed by atoms with E-state index in [4.69, 9.17) is 0 Å². The maximum Gasteiger partial charge on any atom is 0.220 e. The highest BCUT2D eigenvalue weighted by molar-refractivity contribution is 5.83. The van der Waals surface area contributed by atoms with Crippen molar-refractivity contribution in [1.82, 2.24) is 20.5 Å². The van der Waals surface area contributed by atoms with Gasteiger partial charge in [0.05, 0.1) is 5.60 Å². The molecule has 4 atom stereocenters. The highest BCUT2D eigenvalue weighted by atomic mass is 16.3. The third-order valence-corrected chi connectivity index (χ3v) is 10.4. The van der Waals surface area contributed by atoms with Gasteiger partial charge in [0, 0.05) is 62.2 Å². The SMILES string of the molecule is CC(=O)N1CCC(N[C@H]2CC(C)(C)[C@@H]3C[C@@](C)(O)CC[C@]23CCC(=O)NCCc2c[nH]c3ccccc23)CC1. The fraction of sp³-hybridized carbons (Fsp3) is 0.688. The molecule has 2 heterocycles. The van der Waals surface area contributed by atoms with Gasteiger partial charge >= 0.3 is 0 Å². The van der Waals surface area contributed by atoms with Crippen molar-refractivity contribution in [3.8, 4) is 0 Å². The molecule has 1 aliphatic heterocycles. The van der Waals surface area contributed by atoms with Crippen LogP contribution < -0.4 is 10.6 Å². The molecule has 214 valence electrons. The molecule has 7 heteroatoms. The summed E-state index contributed by atoms with van der Waals surface area (Å²) in [6.45, 7) is 10.6. The van der Waals surface area contributed by atoms with Gasteiger partial charge in [-0.1, -0.05) is 32.0 Å². The van der Waals surface area contributed by atoms with E-state index in [9.17, 15) is 14.7 Å². The summed E-state index contributed by atoms with van der Waals surface area (Å²) in [6, 6.07) is 9.00. The normalized spacial score (nSPS) is 30.8. The molecular weight excluding hydrogens is 488 g/mol. The predicted molar refractivity (Wildman–Crippen MR) is 155 cm³/mol. The largest absolute Gasteiger partial charge is 0.390 e. The summed E-state index contributed by atoms with van der Waals surface area (Å²) in [5.41, 5.74) is 1.81. The summed E-state index contributed by atoms with van der Waals surface area (Å²) in [5.74, 6) is 0.651. The molecule has 2 saturated carbocycles. The highest BCUT2D eigenvalue weighted by Crippen LogP contribution is 2.64. The summed E-state index contributed by atoms with van der Waals surface area (Å²) < 4.78 is 0. The maximum atomic E-state index is 13.1. The summed E-state index contributed by atoms with van der Waals surface area (Å²) in [4.78, 5) is 30.2. The number of nitrogens with zero attached hydrogens (tertiary/aromatic N) is 1. The molecular formula is C32H48N4O3. The van der Waals surface area contributed by atoms with Gasteiger partial charge in [0.2, 0.25) is 11.8 Å². The first-order chi connectivity index (χ1) is 18.5. The number of fused-ring (bicyclic) bond motifs is 2. The lowest BCUT2D eigenvalue weighted by Crippen LogP contribution is -2.55. The van der Waals surface area contributed by atoms with Crippen molar-refractivity contribution in [3.05, 3.63) is 36.0 Å². The Morgan fingerprint density at radius 2 is 1.85 bits per heavy atom. The Morgan fingerprint density at radius 1 is 1.10 bits per heavy atom. The van der Waals surface area contributed by atoms with Crippen LogP contribution in [-0.2, 0) is 16.0 Å². The van der Waals surface area contributed by atoms with Gasteiger partial charge < -0.3 is 25.6 Å². The third kappa shape index (κ3) is 5.90. The lowest BCUT2D eigenvalue weighted by Gasteiger charge is -2.51. The number of carbonyl (C=O) groups is 2. The number of nitrogens with one attached hydrogen (secondary N) is 3. The molecule has 3 aliphatic rings. The Kier molecular flexibility index (Phi) is 7.86. The van der Waals surface area contributed by atoms with Gasteiger partial charge in [-0.3, -0.25) is 9.59 Å². The van der Waals surface area contributed by atoms with Crippen molar-refractivity contribution in [2.75, 3.05) is 19.6 Å². The maximum absolute atomic E-state index is 13.1. The van der Waals surface area contributed by atoms with Crippen molar-refractivity contribution in [2.45, 2.75) is 103 Å². The van der Waals surface area contributed by atoms with Crippen LogP contribution in [0.3, 0.4) is 0 Å². The topological polar surface area (TPSA) is 97.5 Å². The lowest BCUT2D eigenvalue weighted by molar-refractivity contribution is -0.130. The van der Waals surface area contributed by atoms with Crippen LogP contribution in [0.5, 0.6) is 0 Å². The fourth-order valence-electron chi connectivity index (χ4n) is 8.22. The number of hydrogen-bond acceptors (Lipinski definition) is 4. The van der Waals surface area contributed by atoms with E-state index in [0.29, 0.717) is 31.0 Å². The van der Waals surface area contributed by atoms with Crippen LogP contribution >= 0.6 is 0 Å². The van der Waals surface area contributed by atoms with Crippen LogP contribution in [-0.4, -0.2) is 64.1 Å². The van der Waals surface area contributed by atoms with E-state index in [-0.39, 0.29) is 22.6 Å². The van der Waals surface area contributed by atoms with E-state index in [1.165, 1.54) is 10.9 Å². The minimum Gasteiger partial charge on any atom is -0.390 e. The predicted octanol–water partition coefficient (Wildman–Crippen LogP) is 4.54. The number of piperidine rings is 1. The number of para-hydroxylation sites is 1. The Morgan fingerprint density at radius 3 is 2.59 bits per heavy atom. The smallest absolute Gasteiger partial charge is 0.220 e. The molecule has 3 fully saturated rings. The quantitative estimate of drug-likeness (QED) is 0.398. The van der Waals surface area contributed by atoms with Gasteiger partial charge in [0.15, 0.2) is 0 Å². The minimum absolute atomic E-state index is 0.00235. The standard InChI is InChI=1S/C32H48N4O3/c1-22(37)36-17-11-24(12-18-36)35-28-20-30(2,3)27-19-31(4,39)14-15-32(27,28)13-9-29(38)33-16-10-23-21-34-26-8-6-5-7-25(23)26/h5-8,21,24,27-28,34-35,39H,9-20H2,1-4H3,(H,33,38)/t27-,28-,31-,32-/m0/s1. The molecule has 2 aromatic rings. The van der Waals surface area contributed by atoms with E-state index in [2.05, 4.69) is 47.7 Å². The van der Waals surface area contributed by atoms with Gasteiger partial charge in [-0.25, -0.2) is 0 Å². The minimum atomic E-state index is -0.644. The van der Waals surface area contributed by atoms with Gasteiger partial charge in [0.1, 0.15) is 0 Å². The van der Waals surface area contributed by atoms with Crippen LogP contribution in [0.1, 0.15) is 84.6 Å². The first-order valence-electron chi connectivity index (χ1n) is 15.0. The lowest BCUT2D eigenvalue weighted by atomic mass is 9.57. The van der Waals surface area contributed by atoms with E-state index in [0.717, 1.165) is 70.0 Å². The number of aromatic nitrogens is 1. The third-order valence-electron chi connectivity index (χ3n) is 10.4. The summed E-state index contributed by atoms with van der Waals surface area (Å²) in [6.07, 6.45) is 9.75. The van der Waals surface area contributed by atoms with Crippen LogP contribution in [0.15, 0.2) is 30.5 Å². The average molecular weight is 537 g/mol. The number of aliphatic hydroxyl groups is 1. The molecule has 5 rings (SSSR count). The monoisotopic (exact) mass is 536 g/mol. The Labute approximate surface area is 233 Å². The summed E-state index contributed by atoms with van der Waals surface area (Å²) >= 11 is 0. The highest BCUT2D eigenvalue weighted by Gasteiger charge is 2.61. The second-order valence-electron chi connectivity index (χ2n) is 13.6. The number of aromatic amines is 1. The zero-order chi connectivity index (χ0) is 27.8. The van der Waals surface area contributed by atoms with E-state index < -0.39 is 5.60 Å². The molecule has 2 aliphatic carbocycles. The van der Waals surface area contributed by atoms with Crippen LogP contribution in [0, 0.1) is 16.7 Å². The number of benzene rings is 1. The molecule has 39 heavy (non-hydrogen) atoms. The van der Waals surface area contributed by atoms with Crippen molar-refractivity contribution in [1.29, 1.82) is 0 Å². The van der Waals surface area contributed by atoms with E-state index >= 15 is 0 Å². The molecule has 0 bridgehead atoms. The Balaban J connectivity index is 1.24. The molecule has 0 unspecified atom stereocenters. The second kappa shape index (κ2) is 10.9. The number of likely N-dealkylation sites (tertiary alicyclic amines) is 1. The first-order valence-corrected chi connectivity index (χ1v) is 15.0. The van der Waals surface area contributed by atoms with Gasteiger partial charge in [0.25, 0.3) is 0 Å². The molecule has 1 saturated heterocycles. The van der Waals surface area contributed by atoms with Gasteiger partial charge in [-0.05, 0) is 86.7 Å². The van der Waals surface area contributed by atoms with Crippen LogP contribution in [0.25, 0.3) is 10.9 Å². The van der Waals surface area contributed by atoms with Crippen molar-refractivity contribution < 1.29 is 14.7 Å². The zero-order valence-electron chi connectivity index (χ0n) is 24.3. The number of amides is 2. The van der Waals surface area contributed by atoms with Crippen molar-refractivity contribution in [3.63, 3.8) is 0 Å². The molecule has 0 spiro atoms. The molecule has 0 radical (unpaired) electrons. The van der Waals surface area contributed by atoms with Crippen LogP contribution in [0.4, 0.5) is 0 Å². The summed E-state index contributed by atoms with van der Waals surface area (Å²) in [7, 11) is 0. The van der Waals surface area contributed by atoms with Gasteiger partial charge in [-0.2, -0.15) is 0 Å². The molecule has 2 amide bonds. The molecule has 1 aromatic heterocycles. The van der Waals surface area contributed by atoms with Crippen molar-refractivity contribution >= 4 is 22.7 Å². The van der Waals surface area contributed by atoms with Gasteiger partial charge in [-0.15, -0.1) is 0 Å². The molecule has 7 nitrogen and oxygen atoms in total. The number of H-pyrrole nitrogens is 1. The van der Waals surface area contributed by atoms with E-state index in [1.807, 2.05) is 24.1 Å². The first kappa shape index (κ1) is 28.2. The van der Waals surface area contributed by atoms with Crippen molar-refractivity contribution in [2.24, 2.45) is 16.7 Å². The number of rotatable bonds is 8. The number of carbonyl (C=O) groups excluding carboxylic acids is 2. The van der Waals surface area contributed by atoms with E-state index in [1.54, 1.807) is 6.92 Å². The molecule has 4 N–H and O–H groups in total.